The number of hydrogen-bond donors (Lipinski definition) is 1. The van der Waals surface area contributed by atoms with Crippen molar-refractivity contribution in [3.05, 3.63) is 42.2 Å². The molecule has 0 atom stereocenters. The van der Waals surface area contributed by atoms with E-state index in [2.05, 4.69) is 34.2 Å². The van der Waals surface area contributed by atoms with Crippen molar-refractivity contribution in [1.82, 2.24) is 25.1 Å². The van der Waals surface area contributed by atoms with Crippen LogP contribution in [0, 0.1) is 5.92 Å². The van der Waals surface area contributed by atoms with Crippen LogP contribution in [0.15, 0.2) is 30.7 Å². The first-order valence-electron chi connectivity index (χ1n) is 6.23. The maximum Gasteiger partial charge on any atom is 0.140 e. The Morgan fingerprint density at radius 1 is 1.22 bits per heavy atom. The molecule has 0 aliphatic heterocycles. The summed E-state index contributed by atoms with van der Waals surface area (Å²) in [7, 11) is 0. The molecule has 1 N–H and O–H groups in total. The third-order valence-electron chi connectivity index (χ3n) is 2.55. The van der Waals surface area contributed by atoms with E-state index in [9.17, 15) is 0 Å². The molecule has 2 heterocycles. The number of nitrogens with one attached hydrogen (secondary N) is 1. The van der Waals surface area contributed by atoms with E-state index in [1.54, 1.807) is 12.5 Å². The first-order valence-corrected chi connectivity index (χ1v) is 6.23. The SMILES string of the molecule is CC(C)Cn1ncnc1CNCc1ccccn1. The van der Waals surface area contributed by atoms with Gasteiger partial charge in [-0.1, -0.05) is 19.9 Å². The summed E-state index contributed by atoms with van der Waals surface area (Å²) in [5.41, 5.74) is 1.03. The second-order valence-electron chi connectivity index (χ2n) is 4.68. The van der Waals surface area contributed by atoms with E-state index in [1.807, 2.05) is 22.9 Å². The van der Waals surface area contributed by atoms with Gasteiger partial charge in [-0.15, -0.1) is 0 Å². The first-order chi connectivity index (χ1) is 8.75. The lowest BCUT2D eigenvalue weighted by atomic mass is 10.2. The summed E-state index contributed by atoms with van der Waals surface area (Å²) in [6.45, 7) is 6.71. The summed E-state index contributed by atoms with van der Waals surface area (Å²) in [5.74, 6) is 1.54. The lowest BCUT2D eigenvalue weighted by molar-refractivity contribution is 0.457. The molecule has 0 saturated heterocycles. The molecule has 0 aliphatic carbocycles. The van der Waals surface area contributed by atoms with Gasteiger partial charge < -0.3 is 5.32 Å². The number of aromatic nitrogens is 4. The second-order valence-corrected chi connectivity index (χ2v) is 4.68. The van der Waals surface area contributed by atoms with Gasteiger partial charge in [0.05, 0.1) is 12.2 Å². The molecule has 18 heavy (non-hydrogen) atoms. The molecule has 0 saturated carbocycles. The Labute approximate surface area is 107 Å². The van der Waals surface area contributed by atoms with E-state index in [0.717, 1.165) is 24.6 Å². The maximum atomic E-state index is 4.27. The smallest absolute Gasteiger partial charge is 0.140 e. The molecule has 0 fully saturated rings. The Hall–Kier alpha value is -1.75. The van der Waals surface area contributed by atoms with Crippen LogP contribution in [0.4, 0.5) is 0 Å². The molecule has 2 aromatic heterocycles. The second kappa shape index (κ2) is 6.26. The minimum absolute atomic E-state index is 0.571. The van der Waals surface area contributed by atoms with E-state index in [-0.39, 0.29) is 0 Å². The fourth-order valence-corrected chi connectivity index (χ4v) is 1.73. The van der Waals surface area contributed by atoms with Crippen LogP contribution in [0.3, 0.4) is 0 Å². The van der Waals surface area contributed by atoms with Crippen LogP contribution in [0.1, 0.15) is 25.4 Å². The van der Waals surface area contributed by atoms with Gasteiger partial charge in [0.25, 0.3) is 0 Å². The molecule has 5 heteroatoms. The van der Waals surface area contributed by atoms with Gasteiger partial charge in [-0.2, -0.15) is 5.10 Å². The average molecular weight is 245 g/mol. The lowest BCUT2D eigenvalue weighted by Crippen LogP contribution is -2.19. The van der Waals surface area contributed by atoms with E-state index < -0.39 is 0 Å². The Balaban J connectivity index is 1.85. The van der Waals surface area contributed by atoms with Gasteiger partial charge in [0.1, 0.15) is 12.2 Å². The summed E-state index contributed by atoms with van der Waals surface area (Å²) in [5, 5.41) is 7.56. The van der Waals surface area contributed by atoms with Crippen LogP contribution >= 0.6 is 0 Å². The monoisotopic (exact) mass is 245 g/mol. The predicted octanol–water partition coefficient (Wildman–Crippen LogP) is 1.62. The Bertz CT molecular complexity index is 463. The van der Waals surface area contributed by atoms with Crippen molar-refractivity contribution in [2.75, 3.05) is 0 Å². The minimum atomic E-state index is 0.571. The fraction of sp³-hybridized carbons (Fsp3) is 0.462. The third-order valence-corrected chi connectivity index (χ3v) is 2.55. The molecule has 2 rings (SSSR count). The fourth-order valence-electron chi connectivity index (χ4n) is 1.73. The predicted molar refractivity (Wildman–Crippen MR) is 69.6 cm³/mol. The highest BCUT2D eigenvalue weighted by atomic mass is 15.3. The van der Waals surface area contributed by atoms with Crippen molar-refractivity contribution in [2.45, 2.75) is 33.5 Å². The van der Waals surface area contributed by atoms with Crippen LogP contribution in [0.25, 0.3) is 0 Å². The van der Waals surface area contributed by atoms with Gasteiger partial charge in [0.2, 0.25) is 0 Å². The Kier molecular flexibility index (Phi) is 4.41. The lowest BCUT2D eigenvalue weighted by Gasteiger charge is -2.09. The molecule has 0 bridgehead atoms. The van der Waals surface area contributed by atoms with Crippen LogP contribution < -0.4 is 5.32 Å². The van der Waals surface area contributed by atoms with Crippen molar-refractivity contribution >= 4 is 0 Å². The highest BCUT2D eigenvalue weighted by Gasteiger charge is 2.05. The minimum Gasteiger partial charge on any atom is -0.304 e. The zero-order chi connectivity index (χ0) is 12.8. The van der Waals surface area contributed by atoms with Crippen LogP contribution in [0.2, 0.25) is 0 Å². The van der Waals surface area contributed by atoms with Crippen molar-refractivity contribution in [1.29, 1.82) is 0 Å². The molecule has 96 valence electrons. The zero-order valence-electron chi connectivity index (χ0n) is 10.9. The van der Waals surface area contributed by atoms with Crippen molar-refractivity contribution in [2.24, 2.45) is 5.92 Å². The van der Waals surface area contributed by atoms with E-state index in [1.165, 1.54) is 0 Å². The maximum absolute atomic E-state index is 4.27. The van der Waals surface area contributed by atoms with Crippen molar-refractivity contribution < 1.29 is 0 Å². The summed E-state index contributed by atoms with van der Waals surface area (Å²) in [6.07, 6.45) is 3.42. The third kappa shape index (κ3) is 3.63. The van der Waals surface area contributed by atoms with E-state index in [0.29, 0.717) is 12.5 Å². The first kappa shape index (κ1) is 12.7. The number of nitrogens with zero attached hydrogens (tertiary/aromatic N) is 4. The van der Waals surface area contributed by atoms with E-state index in [4.69, 9.17) is 0 Å². The Morgan fingerprint density at radius 2 is 2.11 bits per heavy atom. The molecule has 0 unspecified atom stereocenters. The van der Waals surface area contributed by atoms with E-state index >= 15 is 0 Å². The van der Waals surface area contributed by atoms with Gasteiger partial charge in [0, 0.05) is 19.3 Å². The highest BCUT2D eigenvalue weighted by Crippen LogP contribution is 2.01. The quantitative estimate of drug-likeness (QED) is 0.840. The normalized spacial score (nSPS) is 11.1. The number of rotatable bonds is 6. The molecule has 0 aromatic carbocycles. The number of pyridine rings is 1. The van der Waals surface area contributed by atoms with Crippen LogP contribution in [0.5, 0.6) is 0 Å². The number of hydrogen-bond acceptors (Lipinski definition) is 4. The molecule has 0 aliphatic rings. The van der Waals surface area contributed by atoms with Crippen molar-refractivity contribution in [3.63, 3.8) is 0 Å². The summed E-state index contributed by atoms with van der Waals surface area (Å²) in [4.78, 5) is 8.53. The van der Waals surface area contributed by atoms with Gasteiger partial charge in [-0.05, 0) is 18.1 Å². The van der Waals surface area contributed by atoms with Gasteiger partial charge in [0.15, 0.2) is 0 Å². The Morgan fingerprint density at radius 3 is 2.83 bits per heavy atom. The molecule has 2 aromatic rings. The average Bonchev–Trinajstić information content (AvgIpc) is 2.77. The highest BCUT2D eigenvalue weighted by molar-refractivity contribution is 5.03. The largest absolute Gasteiger partial charge is 0.304 e. The molecule has 5 nitrogen and oxygen atoms in total. The van der Waals surface area contributed by atoms with Gasteiger partial charge in [-0.25, -0.2) is 9.67 Å². The summed E-state index contributed by atoms with van der Waals surface area (Å²) >= 11 is 0. The van der Waals surface area contributed by atoms with Crippen LogP contribution in [-0.2, 0) is 19.6 Å². The van der Waals surface area contributed by atoms with Crippen LogP contribution in [-0.4, -0.2) is 19.7 Å². The van der Waals surface area contributed by atoms with Crippen molar-refractivity contribution in [3.8, 4) is 0 Å². The standard InChI is InChI=1S/C13H19N5/c1-11(2)9-18-13(16-10-17-18)8-14-7-12-5-3-4-6-15-12/h3-6,10-11,14H,7-9H2,1-2H3. The summed E-state index contributed by atoms with van der Waals surface area (Å²) < 4.78 is 1.95. The molecular formula is C13H19N5. The molecule has 0 radical (unpaired) electrons. The topological polar surface area (TPSA) is 55.6 Å². The summed E-state index contributed by atoms with van der Waals surface area (Å²) in [6, 6.07) is 5.92. The van der Waals surface area contributed by atoms with Gasteiger partial charge in [-0.3, -0.25) is 4.98 Å². The molecule has 0 amide bonds. The zero-order valence-corrected chi connectivity index (χ0v) is 10.9. The molecule has 0 spiro atoms. The molecular weight excluding hydrogens is 226 g/mol. The van der Waals surface area contributed by atoms with Gasteiger partial charge >= 0.3 is 0 Å².